The predicted molar refractivity (Wildman–Crippen MR) is 46.8 cm³/mol. The Bertz CT molecular complexity index is 265. The summed E-state index contributed by atoms with van der Waals surface area (Å²) in [5, 5.41) is 1.80. The van der Waals surface area contributed by atoms with Crippen LogP contribution in [0.15, 0.2) is 16.4 Å². The van der Waals surface area contributed by atoms with Crippen LogP contribution in [0.3, 0.4) is 0 Å². The topological polar surface area (TPSA) is 48.0 Å². The van der Waals surface area contributed by atoms with Gasteiger partial charge in [0.05, 0.1) is 0 Å². The standard InChI is InChI=1S/C7H12N2OS/c1-6(4-8)5-9-2-3-11-7(9)10/h2-3,6H,4-5,8H2,1H3. The molecule has 0 fully saturated rings. The lowest BCUT2D eigenvalue weighted by Crippen LogP contribution is -2.21. The summed E-state index contributed by atoms with van der Waals surface area (Å²) in [6.07, 6.45) is 1.80. The van der Waals surface area contributed by atoms with Gasteiger partial charge < -0.3 is 10.3 Å². The first-order valence-corrected chi connectivity index (χ1v) is 4.46. The van der Waals surface area contributed by atoms with Crippen LogP contribution in [0.4, 0.5) is 0 Å². The van der Waals surface area contributed by atoms with Gasteiger partial charge in [-0.2, -0.15) is 0 Å². The van der Waals surface area contributed by atoms with E-state index in [0.29, 0.717) is 12.5 Å². The third kappa shape index (κ3) is 2.17. The van der Waals surface area contributed by atoms with E-state index in [9.17, 15) is 4.79 Å². The van der Waals surface area contributed by atoms with Gasteiger partial charge in [0.1, 0.15) is 0 Å². The van der Waals surface area contributed by atoms with Gasteiger partial charge in [-0.25, -0.2) is 0 Å². The summed E-state index contributed by atoms with van der Waals surface area (Å²) in [5.41, 5.74) is 5.43. The highest BCUT2D eigenvalue weighted by molar-refractivity contribution is 7.07. The number of thiazole rings is 1. The molecule has 0 aliphatic heterocycles. The van der Waals surface area contributed by atoms with Gasteiger partial charge in [0, 0.05) is 18.1 Å². The van der Waals surface area contributed by atoms with E-state index in [0.717, 1.165) is 6.54 Å². The van der Waals surface area contributed by atoms with Crippen LogP contribution in [0, 0.1) is 5.92 Å². The van der Waals surface area contributed by atoms with Gasteiger partial charge in [-0.3, -0.25) is 4.79 Å². The second kappa shape index (κ2) is 3.69. The van der Waals surface area contributed by atoms with Gasteiger partial charge in [0.2, 0.25) is 0 Å². The molecule has 1 rings (SSSR count). The van der Waals surface area contributed by atoms with Gasteiger partial charge in [-0.1, -0.05) is 18.3 Å². The SMILES string of the molecule is CC(CN)Cn1ccsc1=O. The van der Waals surface area contributed by atoms with Crippen LogP contribution in [0.1, 0.15) is 6.92 Å². The molecular weight excluding hydrogens is 160 g/mol. The Labute approximate surface area is 69.5 Å². The van der Waals surface area contributed by atoms with E-state index in [2.05, 4.69) is 0 Å². The Morgan fingerprint density at radius 1 is 1.82 bits per heavy atom. The van der Waals surface area contributed by atoms with E-state index in [1.165, 1.54) is 11.3 Å². The van der Waals surface area contributed by atoms with Crippen molar-refractivity contribution in [3.63, 3.8) is 0 Å². The molecule has 1 unspecified atom stereocenters. The average molecular weight is 172 g/mol. The minimum Gasteiger partial charge on any atom is -0.330 e. The highest BCUT2D eigenvalue weighted by Gasteiger charge is 2.01. The van der Waals surface area contributed by atoms with Crippen molar-refractivity contribution in [1.29, 1.82) is 0 Å². The third-order valence-electron chi connectivity index (χ3n) is 1.55. The lowest BCUT2D eigenvalue weighted by molar-refractivity contribution is 0.487. The lowest BCUT2D eigenvalue weighted by atomic mass is 10.2. The zero-order valence-electron chi connectivity index (χ0n) is 6.49. The van der Waals surface area contributed by atoms with E-state index >= 15 is 0 Å². The maximum Gasteiger partial charge on any atom is 0.307 e. The first-order valence-electron chi connectivity index (χ1n) is 3.58. The zero-order chi connectivity index (χ0) is 8.27. The highest BCUT2D eigenvalue weighted by atomic mass is 32.1. The smallest absolute Gasteiger partial charge is 0.307 e. The number of nitrogens with two attached hydrogens (primary N) is 1. The van der Waals surface area contributed by atoms with Crippen molar-refractivity contribution in [3.8, 4) is 0 Å². The van der Waals surface area contributed by atoms with Gasteiger partial charge in [-0.15, -0.1) is 0 Å². The van der Waals surface area contributed by atoms with E-state index < -0.39 is 0 Å². The molecule has 0 aliphatic rings. The minimum atomic E-state index is 0.102. The summed E-state index contributed by atoms with van der Waals surface area (Å²) in [7, 11) is 0. The van der Waals surface area contributed by atoms with Crippen LogP contribution in [0.2, 0.25) is 0 Å². The summed E-state index contributed by atoms with van der Waals surface area (Å²) in [6, 6.07) is 0. The molecule has 0 spiro atoms. The van der Waals surface area contributed by atoms with Crippen molar-refractivity contribution in [2.24, 2.45) is 11.7 Å². The summed E-state index contributed by atoms with van der Waals surface area (Å²) in [5.74, 6) is 0.377. The zero-order valence-corrected chi connectivity index (χ0v) is 7.30. The van der Waals surface area contributed by atoms with Crippen molar-refractivity contribution in [2.45, 2.75) is 13.5 Å². The molecule has 0 saturated heterocycles. The molecule has 0 saturated carbocycles. The first-order chi connectivity index (χ1) is 5.24. The molecule has 2 N–H and O–H groups in total. The second-order valence-electron chi connectivity index (χ2n) is 2.66. The molecule has 0 amide bonds. The fraction of sp³-hybridized carbons (Fsp3) is 0.571. The van der Waals surface area contributed by atoms with E-state index in [4.69, 9.17) is 5.73 Å². The highest BCUT2D eigenvalue weighted by Crippen LogP contribution is 1.97. The summed E-state index contributed by atoms with van der Waals surface area (Å²) < 4.78 is 1.70. The van der Waals surface area contributed by atoms with Crippen molar-refractivity contribution in [1.82, 2.24) is 4.57 Å². The molecule has 0 aromatic carbocycles. The number of hydrogen-bond donors (Lipinski definition) is 1. The van der Waals surface area contributed by atoms with E-state index in [-0.39, 0.29) is 4.87 Å². The molecule has 4 heteroatoms. The lowest BCUT2D eigenvalue weighted by Gasteiger charge is -2.06. The van der Waals surface area contributed by atoms with E-state index in [1.807, 2.05) is 6.92 Å². The third-order valence-corrected chi connectivity index (χ3v) is 2.25. The van der Waals surface area contributed by atoms with Crippen molar-refractivity contribution in [2.75, 3.05) is 6.54 Å². The van der Waals surface area contributed by atoms with Gasteiger partial charge in [0.25, 0.3) is 0 Å². The van der Waals surface area contributed by atoms with Crippen LogP contribution < -0.4 is 10.6 Å². The van der Waals surface area contributed by atoms with E-state index in [1.54, 1.807) is 16.1 Å². The maximum atomic E-state index is 11.0. The molecular formula is C7H12N2OS. The molecule has 1 aromatic heterocycles. The predicted octanol–water partition coefficient (Wildman–Crippen LogP) is 0.505. The Kier molecular flexibility index (Phi) is 2.84. The molecule has 0 aliphatic carbocycles. The largest absolute Gasteiger partial charge is 0.330 e. The summed E-state index contributed by atoms with van der Waals surface area (Å²) >= 11 is 1.22. The molecule has 0 radical (unpaired) electrons. The number of nitrogens with zero attached hydrogens (tertiary/aromatic N) is 1. The van der Waals surface area contributed by atoms with Crippen LogP contribution in [0.5, 0.6) is 0 Å². The summed E-state index contributed by atoms with van der Waals surface area (Å²) in [6.45, 7) is 3.39. The molecule has 11 heavy (non-hydrogen) atoms. The Morgan fingerprint density at radius 2 is 2.55 bits per heavy atom. The quantitative estimate of drug-likeness (QED) is 0.722. The fourth-order valence-corrected chi connectivity index (χ4v) is 1.43. The van der Waals surface area contributed by atoms with Crippen LogP contribution in [-0.4, -0.2) is 11.1 Å². The van der Waals surface area contributed by atoms with Crippen molar-refractivity contribution >= 4 is 11.3 Å². The molecule has 1 aromatic rings. The minimum absolute atomic E-state index is 0.102. The normalized spacial score (nSPS) is 13.3. The summed E-state index contributed by atoms with van der Waals surface area (Å²) in [4.78, 5) is 11.1. The van der Waals surface area contributed by atoms with Crippen molar-refractivity contribution in [3.05, 3.63) is 21.2 Å². The Balaban J connectivity index is 2.64. The number of aromatic nitrogens is 1. The fourth-order valence-electron chi connectivity index (χ4n) is 0.836. The van der Waals surface area contributed by atoms with Crippen LogP contribution in [-0.2, 0) is 6.54 Å². The Hall–Kier alpha value is -0.610. The van der Waals surface area contributed by atoms with Crippen molar-refractivity contribution < 1.29 is 0 Å². The van der Waals surface area contributed by atoms with Gasteiger partial charge in [0.15, 0.2) is 0 Å². The van der Waals surface area contributed by atoms with Gasteiger partial charge >= 0.3 is 4.87 Å². The number of rotatable bonds is 3. The molecule has 3 nitrogen and oxygen atoms in total. The molecule has 62 valence electrons. The molecule has 1 atom stereocenters. The monoisotopic (exact) mass is 172 g/mol. The average Bonchev–Trinajstić information content (AvgIpc) is 2.37. The maximum absolute atomic E-state index is 11.0. The molecule has 0 bridgehead atoms. The second-order valence-corrected chi connectivity index (χ2v) is 3.52. The van der Waals surface area contributed by atoms with Crippen LogP contribution >= 0.6 is 11.3 Å². The number of hydrogen-bond acceptors (Lipinski definition) is 3. The van der Waals surface area contributed by atoms with Gasteiger partial charge in [-0.05, 0) is 12.5 Å². The first kappa shape index (κ1) is 8.49. The van der Waals surface area contributed by atoms with Crippen LogP contribution in [0.25, 0.3) is 0 Å². The molecule has 1 heterocycles. The Morgan fingerprint density at radius 3 is 3.00 bits per heavy atom.